The maximum absolute atomic E-state index is 12.8. The van der Waals surface area contributed by atoms with Crippen molar-refractivity contribution in [3.63, 3.8) is 0 Å². The quantitative estimate of drug-likeness (QED) is 0.863. The van der Waals surface area contributed by atoms with Crippen molar-refractivity contribution in [3.05, 3.63) is 29.8 Å². The van der Waals surface area contributed by atoms with E-state index < -0.39 is 19.2 Å². The van der Waals surface area contributed by atoms with Crippen molar-refractivity contribution in [2.24, 2.45) is 0 Å². The van der Waals surface area contributed by atoms with Gasteiger partial charge in [-0.25, -0.2) is 18.0 Å². The Morgan fingerprint density at radius 2 is 2.05 bits per heavy atom. The Hall–Kier alpha value is -1.92. The zero-order chi connectivity index (χ0) is 13.8. The molecule has 19 heavy (non-hydrogen) atoms. The van der Waals surface area contributed by atoms with Crippen molar-refractivity contribution in [2.75, 3.05) is 13.2 Å². The number of ether oxygens (including phenoxy) is 1. The molecule has 1 heterocycles. The monoisotopic (exact) mass is 274 g/mol. The number of amides is 2. The third-order valence-corrected chi connectivity index (χ3v) is 2.74. The van der Waals surface area contributed by atoms with E-state index in [0.29, 0.717) is 17.9 Å². The van der Waals surface area contributed by atoms with Gasteiger partial charge in [-0.05, 0) is 6.07 Å². The van der Waals surface area contributed by atoms with Gasteiger partial charge >= 0.3 is 6.03 Å². The molecule has 1 aliphatic rings. The fraction of sp³-hybridized carbons (Fsp3) is 0.417. The molecule has 1 aliphatic heterocycles. The Bertz CT molecular complexity index is 456. The van der Waals surface area contributed by atoms with Crippen LogP contribution in [0.5, 0.6) is 5.75 Å². The van der Waals surface area contributed by atoms with Crippen molar-refractivity contribution in [1.29, 1.82) is 0 Å². The summed E-state index contributed by atoms with van der Waals surface area (Å²) in [5.74, 6) is 0.291. The smallest absolute Gasteiger partial charge is 0.315 e. The van der Waals surface area contributed by atoms with Crippen molar-refractivity contribution in [3.8, 4) is 5.75 Å². The summed E-state index contributed by atoms with van der Waals surface area (Å²) in [6.45, 7) is -0.351. The number of hydrogen-bond acceptors (Lipinski definition) is 2. The molecule has 104 valence electrons. The molecule has 0 spiro atoms. The summed E-state index contributed by atoms with van der Waals surface area (Å²) in [6.07, 6.45) is -5.40. The summed E-state index contributed by atoms with van der Waals surface area (Å²) in [5, 5.41) is 5.23. The van der Waals surface area contributed by atoms with E-state index in [4.69, 9.17) is 4.74 Å². The molecule has 2 unspecified atom stereocenters. The molecule has 2 amide bonds. The predicted octanol–water partition coefficient (Wildman–Crippen LogP) is 2.02. The Kier molecular flexibility index (Phi) is 4.13. The number of halogens is 3. The Morgan fingerprint density at radius 3 is 2.68 bits per heavy atom. The third-order valence-electron chi connectivity index (χ3n) is 2.74. The number of carbonyl (C=O) groups excluding carboxylic acids is 1. The summed E-state index contributed by atoms with van der Waals surface area (Å²) in [5.41, 5.74) is 0.627. The molecule has 0 radical (unpaired) electrons. The van der Waals surface area contributed by atoms with Gasteiger partial charge in [0.1, 0.15) is 12.4 Å². The van der Waals surface area contributed by atoms with E-state index >= 15 is 0 Å². The number of para-hydroxylation sites is 1. The van der Waals surface area contributed by atoms with Crippen LogP contribution in [0.3, 0.4) is 0 Å². The van der Waals surface area contributed by atoms with Crippen LogP contribution in [0.1, 0.15) is 11.6 Å². The Morgan fingerprint density at radius 1 is 1.32 bits per heavy atom. The molecule has 1 saturated heterocycles. The second-order valence-electron chi connectivity index (χ2n) is 4.11. The number of urea groups is 1. The van der Waals surface area contributed by atoms with Crippen molar-refractivity contribution < 1.29 is 22.7 Å². The number of nitrogens with one attached hydrogen (secondary N) is 2. The maximum atomic E-state index is 12.8. The second-order valence-corrected chi connectivity index (χ2v) is 4.11. The normalized spacial score (nSPS) is 20.0. The van der Waals surface area contributed by atoms with Gasteiger partial charge in [-0.15, -0.1) is 0 Å². The highest BCUT2D eigenvalue weighted by molar-refractivity contribution is 5.77. The van der Waals surface area contributed by atoms with Crippen LogP contribution in [0.4, 0.5) is 18.0 Å². The lowest BCUT2D eigenvalue weighted by Gasteiger charge is -2.16. The van der Waals surface area contributed by atoms with Gasteiger partial charge in [0.05, 0.1) is 6.04 Å². The molecular formula is C12H13F3N2O2. The summed E-state index contributed by atoms with van der Waals surface area (Å²) in [7, 11) is 0. The van der Waals surface area contributed by atoms with E-state index in [-0.39, 0.29) is 12.1 Å². The topological polar surface area (TPSA) is 50.4 Å². The number of rotatable bonds is 5. The minimum absolute atomic E-state index is 0.291. The van der Waals surface area contributed by atoms with E-state index in [9.17, 15) is 18.0 Å². The zero-order valence-electron chi connectivity index (χ0n) is 9.91. The lowest BCUT2D eigenvalue weighted by atomic mass is 10.1. The molecule has 1 aromatic carbocycles. The fourth-order valence-corrected chi connectivity index (χ4v) is 1.78. The van der Waals surface area contributed by atoms with Gasteiger partial charge in [0.2, 0.25) is 0 Å². The fourth-order valence-electron chi connectivity index (χ4n) is 1.78. The van der Waals surface area contributed by atoms with Crippen LogP contribution in [-0.4, -0.2) is 31.8 Å². The molecule has 0 aromatic heterocycles. The molecular weight excluding hydrogens is 261 g/mol. The van der Waals surface area contributed by atoms with Gasteiger partial charge < -0.3 is 15.4 Å². The third kappa shape index (κ3) is 3.30. The van der Waals surface area contributed by atoms with Gasteiger partial charge in [0, 0.05) is 12.1 Å². The van der Waals surface area contributed by atoms with E-state index in [1.54, 1.807) is 24.3 Å². The van der Waals surface area contributed by atoms with Crippen LogP contribution in [0.25, 0.3) is 0 Å². The zero-order valence-corrected chi connectivity index (χ0v) is 9.91. The highest BCUT2D eigenvalue weighted by Crippen LogP contribution is 2.26. The highest BCUT2D eigenvalue weighted by Gasteiger charge is 2.25. The van der Waals surface area contributed by atoms with Gasteiger partial charge in [0.25, 0.3) is 6.43 Å². The molecule has 0 saturated carbocycles. The second kappa shape index (κ2) is 5.81. The molecule has 2 rings (SSSR count). The van der Waals surface area contributed by atoms with Crippen LogP contribution < -0.4 is 15.4 Å². The summed E-state index contributed by atoms with van der Waals surface area (Å²) in [6, 6.07) is 6.01. The first-order valence-electron chi connectivity index (χ1n) is 5.76. The average molecular weight is 274 g/mol. The maximum Gasteiger partial charge on any atom is 0.315 e. The van der Waals surface area contributed by atoms with Crippen LogP contribution in [-0.2, 0) is 0 Å². The number of carbonyl (C=O) groups is 1. The number of hydrogen-bond donors (Lipinski definition) is 2. The first kappa shape index (κ1) is 13.5. The minimum atomic E-state index is -3.07. The van der Waals surface area contributed by atoms with E-state index in [0.717, 1.165) is 0 Å². The molecule has 0 bridgehead atoms. The molecule has 0 aliphatic carbocycles. The van der Waals surface area contributed by atoms with Crippen molar-refractivity contribution in [2.45, 2.75) is 18.6 Å². The van der Waals surface area contributed by atoms with Crippen LogP contribution in [0, 0.1) is 0 Å². The lowest BCUT2D eigenvalue weighted by molar-refractivity contribution is 0.0228. The van der Waals surface area contributed by atoms with E-state index in [1.165, 1.54) is 0 Å². The van der Waals surface area contributed by atoms with Crippen LogP contribution >= 0.6 is 0 Å². The average Bonchev–Trinajstić information content (AvgIpc) is 2.82. The van der Waals surface area contributed by atoms with Crippen molar-refractivity contribution in [1.82, 2.24) is 10.6 Å². The number of benzene rings is 1. The Labute approximate surface area is 107 Å². The highest BCUT2D eigenvalue weighted by atomic mass is 19.3. The van der Waals surface area contributed by atoms with Crippen LogP contribution in [0.2, 0.25) is 0 Å². The molecule has 1 fully saturated rings. The van der Waals surface area contributed by atoms with Crippen LogP contribution in [0.15, 0.2) is 24.3 Å². The largest absolute Gasteiger partial charge is 0.490 e. The van der Waals surface area contributed by atoms with E-state index in [1.807, 2.05) is 0 Å². The molecule has 7 heteroatoms. The van der Waals surface area contributed by atoms with Gasteiger partial charge in [-0.3, -0.25) is 0 Å². The minimum Gasteiger partial charge on any atom is -0.490 e. The lowest BCUT2D eigenvalue weighted by Crippen LogP contribution is -2.23. The van der Waals surface area contributed by atoms with E-state index in [2.05, 4.69) is 10.6 Å². The van der Waals surface area contributed by atoms with Crippen molar-refractivity contribution >= 4 is 6.03 Å². The summed E-state index contributed by atoms with van der Waals surface area (Å²) >= 11 is 0. The predicted molar refractivity (Wildman–Crippen MR) is 62.1 cm³/mol. The first-order chi connectivity index (χ1) is 9.08. The van der Waals surface area contributed by atoms with Gasteiger partial charge in [-0.1, -0.05) is 18.2 Å². The molecule has 4 nitrogen and oxygen atoms in total. The SMILES string of the molecule is O=C1NCC(c2ccccc2OCC(F)C(F)F)N1. The molecule has 2 N–H and O–H groups in total. The first-order valence-corrected chi connectivity index (χ1v) is 5.76. The summed E-state index contributed by atoms with van der Waals surface area (Å²) in [4.78, 5) is 11.1. The van der Waals surface area contributed by atoms with Gasteiger partial charge in [0.15, 0.2) is 6.17 Å². The molecule has 1 aromatic rings. The standard InChI is InChI=1S/C12H13F3N2O2/c13-8(11(14)15)6-19-10-4-2-1-3-7(10)9-5-16-12(18)17-9/h1-4,8-9,11H,5-6H2,(H2,16,17,18). The summed E-state index contributed by atoms with van der Waals surface area (Å²) < 4.78 is 42.0. The number of alkyl halides is 3. The Balaban J connectivity index is 2.06. The van der Waals surface area contributed by atoms with Gasteiger partial charge in [-0.2, -0.15) is 0 Å². The molecule has 2 atom stereocenters.